The summed E-state index contributed by atoms with van der Waals surface area (Å²) in [6.45, 7) is 4.98. The molecule has 1 aromatic carbocycles. The fourth-order valence-electron chi connectivity index (χ4n) is 3.59. The number of rotatable bonds is 3. The van der Waals surface area contributed by atoms with E-state index in [-0.39, 0.29) is 18.1 Å². The van der Waals surface area contributed by atoms with E-state index in [1.807, 2.05) is 0 Å². The van der Waals surface area contributed by atoms with E-state index in [1.54, 1.807) is 20.8 Å². The summed E-state index contributed by atoms with van der Waals surface area (Å²) in [5, 5.41) is 16.2. The molecule has 7 heteroatoms. The normalized spacial score (nSPS) is 25.7. The van der Waals surface area contributed by atoms with Gasteiger partial charge in [-0.05, 0) is 38.5 Å². The smallest absolute Gasteiger partial charge is 0.313 e. The number of benzene rings is 1. The minimum Gasteiger partial charge on any atom is -0.463 e. The number of aromatic amines is 2. The van der Waals surface area contributed by atoms with Gasteiger partial charge in [0.25, 0.3) is 5.56 Å². The highest BCUT2D eigenvalue weighted by Gasteiger charge is 2.51. The third-order valence-corrected chi connectivity index (χ3v) is 4.58. The summed E-state index contributed by atoms with van der Waals surface area (Å²) in [6.07, 6.45) is -0.250. The van der Waals surface area contributed by atoms with Crippen LogP contribution in [0.3, 0.4) is 0 Å². The van der Waals surface area contributed by atoms with Crippen LogP contribution >= 0.6 is 0 Å². The summed E-state index contributed by atoms with van der Waals surface area (Å²) in [4.78, 5) is 25.1. The predicted molar refractivity (Wildman–Crippen MR) is 88.7 cm³/mol. The van der Waals surface area contributed by atoms with Crippen molar-refractivity contribution in [3.63, 3.8) is 0 Å². The molecule has 134 valence electrons. The number of carbonyl (C=O) groups excluding carboxylic acids is 1. The van der Waals surface area contributed by atoms with E-state index in [2.05, 4.69) is 10.2 Å². The average Bonchev–Trinajstić information content (AvgIpc) is 2.85. The van der Waals surface area contributed by atoms with Crippen molar-refractivity contribution >= 4 is 5.97 Å². The Balaban J connectivity index is 2.18. The predicted octanol–water partition coefficient (Wildman–Crippen LogP) is 1.85. The summed E-state index contributed by atoms with van der Waals surface area (Å²) in [5.41, 5.74) is -0.300. The van der Waals surface area contributed by atoms with Crippen LogP contribution in [0.4, 0.5) is 4.39 Å². The molecule has 1 aliphatic rings. The molecule has 0 fully saturated rings. The standard InChI is InChI=1S/C18H21FN2O4/c1-9(2)25-17(23)15-13(10-4-6-11(19)7-5-10)14-12(8-18(15,3)24)20-21-16(14)22/h4-7,9,13,15,24H,8H2,1-3H3,(H2,20,21,22)/t13-,15-,18-/m0/s1. The van der Waals surface area contributed by atoms with Gasteiger partial charge in [-0.1, -0.05) is 12.1 Å². The van der Waals surface area contributed by atoms with Crippen LogP contribution in [0.2, 0.25) is 0 Å². The van der Waals surface area contributed by atoms with Crippen molar-refractivity contribution in [3.8, 4) is 0 Å². The Morgan fingerprint density at radius 2 is 1.96 bits per heavy atom. The van der Waals surface area contributed by atoms with Crippen molar-refractivity contribution in [1.29, 1.82) is 0 Å². The molecule has 0 spiro atoms. The van der Waals surface area contributed by atoms with Crippen molar-refractivity contribution < 1.29 is 19.0 Å². The van der Waals surface area contributed by atoms with Crippen LogP contribution in [0.25, 0.3) is 0 Å². The van der Waals surface area contributed by atoms with Gasteiger partial charge in [0.1, 0.15) is 5.82 Å². The Morgan fingerprint density at radius 1 is 1.32 bits per heavy atom. The second-order valence-corrected chi connectivity index (χ2v) is 7.00. The highest BCUT2D eigenvalue weighted by Crippen LogP contribution is 2.44. The molecule has 0 saturated heterocycles. The third kappa shape index (κ3) is 3.11. The Labute approximate surface area is 144 Å². The molecule has 1 aliphatic carbocycles. The average molecular weight is 348 g/mol. The van der Waals surface area contributed by atoms with Gasteiger partial charge < -0.3 is 14.9 Å². The lowest BCUT2D eigenvalue weighted by atomic mass is 9.66. The van der Waals surface area contributed by atoms with Crippen LogP contribution in [0, 0.1) is 11.7 Å². The van der Waals surface area contributed by atoms with E-state index in [4.69, 9.17) is 4.74 Å². The van der Waals surface area contributed by atoms with Gasteiger partial charge in [-0.3, -0.25) is 14.7 Å². The van der Waals surface area contributed by atoms with Gasteiger partial charge in [0.05, 0.1) is 17.6 Å². The number of aromatic nitrogens is 2. The zero-order valence-corrected chi connectivity index (χ0v) is 14.3. The van der Waals surface area contributed by atoms with Crippen LogP contribution in [0.5, 0.6) is 0 Å². The van der Waals surface area contributed by atoms with E-state index in [0.29, 0.717) is 16.8 Å². The first kappa shape index (κ1) is 17.4. The first-order valence-corrected chi connectivity index (χ1v) is 8.18. The summed E-state index contributed by atoms with van der Waals surface area (Å²) in [7, 11) is 0. The number of esters is 1. The van der Waals surface area contributed by atoms with E-state index in [0.717, 1.165) is 0 Å². The Bertz CT molecular complexity index is 836. The zero-order valence-electron chi connectivity index (χ0n) is 14.3. The van der Waals surface area contributed by atoms with Gasteiger partial charge in [0, 0.05) is 23.6 Å². The SMILES string of the molecule is CC(C)OC(=O)[C@@H]1[C@@H](c2ccc(F)cc2)c2c([nH][nH]c2=O)C[C@]1(C)O. The molecule has 0 aliphatic heterocycles. The van der Waals surface area contributed by atoms with E-state index >= 15 is 0 Å². The lowest BCUT2D eigenvalue weighted by Gasteiger charge is -2.40. The van der Waals surface area contributed by atoms with Crippen molar-refractivity contribution in [2.24, 2.45) is 5.92 Å². The molecule has 1 heterocycles. The van der Waals surface area contributed by atoms with Crippen LogP contribution in [-0.4, -0.2) is 33.0 Å². The Morgan fingerprint density at radius 3 is 2.56 bits per heavy atom. The molecule has 0 amide bonds. The molecule has 3 atom stereocenters. The molecule has 0 unspecified atom stereocenters. The molecule has 6 nitrogen and oxygen atoms in total. The number of ether oxygens (including phenoxy) is 1. The maximum absolute atomic E-state index is 13.3. The number of carbonyl (C=O) groups is 1. The number of aliphatic hydroxyl groups is 1. The monoisotopic (exact) mass is 348 g/mol. The highest BCUT2D eigenvalue weighted by atomic mass is 19.1. The topological polar surface area (TPSA) is 95.2 Å². The van der Waals surface area contributed by atoms with Crippen molar-refractivity contribution in [1.82, 2.24) is 10.2 Å². The number of H-pyrrole nitrogens is 2. The largest absolute Gasteiger partial charge is 0.463 e. The first-order valence-electron chi connectivity index (χ1n) is 8.18. The summed E-state index contributed by atoms with van der Waals surface area (Å²) >= 11 is 0. The molecule has 1 aromatic heterocycles. The lowest BCUT2D eigenvalue weighted by molar-refractivity contribution is -0.163. The molecule has 0 radical (unpaired) electrons. The number of hydrogen-bond donors (Lipinski definition) is 3. The van der Waals surface area contributed by atoms with E-state index in [9.17, 15) is 19.1 Å². The molecular weight excluding hydrogens is 327 g/mol. The quantitative estimate of drug-likeness (QED) is 0.738. The second-order valence-electron chi connectivity index (χ2n) is 7.00. The van der Waals surface area contributed by atoms with Crippen molar-refractivity contribution in [3.05, 3.63) is 57.3 Å². The first-order chi connectivity index (χ1) is 11.7. The Kier molecular flexibility index (Phi) is 4.28. The van der Waals surface area contributed by atoms with Crippen LogP contribution < -0.4 is 5.56 Å². The van der Waals surface area contributed by atoms with Crippen molar-refractivity contribution in [2.75, 3.05) is 0 Å². The van der Waals surface area contributed by atoms with Gasteiger partial charge in [0.15, 0.2) is 0 Å². The Hall–Kier alpha value is -2.41. The number of fused-ring (bicyclic) bond motifs is 1. The summed E-state index contributed by atoms with van der Waals surface area (Å²) in [6, 6.07) is 5.58. The minimum atomic E-state index is -1.43. The molecule has 0 saturated carbocycles. The van der Waals surface area contributed by atoms with Gasteiger partial charge >= 0.3 is 5.97 Å². The molecule has 0 bridgehead atoms. The minimum absolute atomic E-state index is 0.108. The summed E-state index contributed by atoms with van der Waals surface area (Å²) in [5.74, 6) is -2.72. The highest BCUT2D eigenvalue weighted by molar-refractivity contribution is 5.77. The zero-order chi connectivity index (χ0) is 18.4. The van der Waals surface area contributed by atoms with Crippen molar-refractivity contribution in [2.45, 2.75) is 44.8 Å². The van der Waals surface area contributed by atoms with E-state index in [1.165, 1.54) is 24.3 Å². The maximum Gasteiger partial charge on any atom is 0.313 e. The van der Waals surface area contributed by atoms with Crippen LogP contribution in [-0.2, 0) is 16.0 Å². The lowest BCUT2D eigenvalue weighted by Crippen LogP contribution is -2.50. The van der Waals surface area contributed by atoms with Crippen LogP contribution in [0.1, 0.15) is 43.5 Å². The molecule has 3 N–H and O–H groups in total. The van der Waals surface area contributed by atoms with Gasteiger partial charge in [0.2, 0.25) is 0 Å². The number of nitrogens with one attached hydrogen (secondary N) is 2. The molecular formula is C18H21FN2O4. The third-order valence-electron chi connectivity index (χ3n) is 4.58. The van der Waals surface area contributed by atoms with Crippen LogP contribution in [0.15, 0.2) is 29.1 Å². The maximum atomic E-state index is 13.3. The summed E-state index contributed by atoms with van der Waals surface area (Å²) < 4.78 is 18.7. The van der Waals surface area contributed by atoms with Gasteiger partial charge in [-0.25, -0.2) is 4.39 Å². The number of halogens is 1. The van der Waals surface area contributed by atoms with Gasteiger partial charge in [-0.15, -0.1) is 0 Å². The molecule has 25 heavy (non-hydrogen) atoms. The fraction of sp³-hybridized carbons (Fsp3) is 0.444. The second kappa shape index (κ2) is 6.15. The van der Waals surface area contributed by atoms with Gasteiger partial charge in [-0.2, -0.15) is 0 Å². The fourth-order valence-corrected chi connectivity index (χ4v) is 3.59. The molecule has 3 rings (SSSR count). The van der Waals surface area contributed by atoms with E-state index < -0.39 is 29.2 Å². The molecule has 2 aromatic rings. The number of hydrogen-bond acceptors (Lipinski definition) is 4.